The van der Waals surface area contributed by atoms with Crippen molar-refractivity contribution in [3.8, 4) is 0 Å². The lowest BCUT2D eigenvalue weighted by Gasteiger charge is -2.41. The summed E-state index contributed by atoms with van der Waals surface area (Å²) in [5, 5.41) is 3.69. The molecular formula is C28H41ClN4O3. The van der Waals surface area contributed by atoms with Crippen LogP contribution in [0.2, 0.25) is 5.02 Å². The molecule has 1 aromatic rings. The summed E-state index contributed by atoms with van der Waals surface area (Å²) in [7, 11) is 0. The van der Waals surface area contributed by atoms with Crippen molar-refractivity contribution >= 4 is 35.0 Å². The van der Waals surface area contributed by atoms with Crippen LogP contribution >= 0.6 is 11.6 Å². The van der Waals surface area contributed by atoms with Crippen molar-refractivity contribution in [2.45, 2.75) is 78.3 Å². The molecular weight excluding hydrogens is 476 g/mol. The van der Waals surface area contributed by atoms with Gasteiger partial charge in [0, 0.05) is 75.3 Å². The fourth-order valence-electron chi connectivity index (χ4n) is 6.16. The second-order valence-electron chi connectivity index (χ2n) is 11.1. The molecule has 1 aromatic carbocycles. The first-order valence-electron chi connectivity index (χ1n) is 13.6. The number of likely N-dealkylation sites (tertiary alicyclic amines) is 1. The van der Waals surface area contributed by atoms with Crippen LogP contribution in [0.15, 0.2) is 12.1 Å². The molecule has 36 heavy (non-hydrogen) atoms. The number of rotatable bonds is 6. The molecule has 0 aromatic heterocycles. The van der Waals surface area contributed by atoms with E-state index >= 15 is 0 Å². The number of nitrogens with one attached hydrogen (secondary N) is 1. The summed E-state index contributed by atoms with van der Waals surface area (Å²) in [5.74, 6) is 0.793. The van der Waals surface area contributed by atoms with Crippen LogP contribution in [0.1, 0.15) is 69.9 Å². The zero-order chi connectivity index (χ0) is 25.8. The molecule has 0 radical (unpaired) electrons. The van der Waals surface area contributed by atoms with E-state index in [1.54, 1.807) is 6.92 Å². The number of carbonyl (C=O) groups is 3. The molecule has 7 nitrogen and oxygen atoms in total. The normalized spacial score (nSPS) is 23.7. The van der Waals surface area contributed by atoms with Gasteiger partial charge in [-0.25, -0.2) is 0 Å². The SMILES string of the molecule is CC(=O)N1CCC[C@@H](CC(=O)Nc2cc(Cl)cc(CN3CCN(C(=O)C4CCCC4)[C@@H](C)C3)c2C)C1. The van der Waals surface area contributed by atoms with Gasteiger partial charge >= 0.3 is 0 Å². The van der Waals surface area contributed by atoms with Crippen molar-refractivity contribution in [2.75, 3.05) is 38.0 Å². The summed E-state index contributed by atoms with van der Waals surface area (Å²) in [5.41, 5.74) is 2.88. The molecule has 2 atom stereocenters. The smallest absolute Gasteiger partial charge is 0.226 e. The highest BCUT2D eigenvalue weighted by atomic mass is 35.5. The fourth-order valence-corrected chi connectivity index (χ4v) is 6.40. The van der Waals surface area contributed by atoms with Gasteiger partial charge in [0.25, 0.3) is 0 Å². The Balaban J connectivity index is 1.35. The molecule has 2 heterocycles. The third-order valence-corrected chi connectivity index (χ3v) is 8.50. The maximum Gasteiger partial charge on any atom is 0.226 e. The van der Waals surface area contributed by atoms with E-state index in [1.165, 1.54) is 12.8 Å². The van der Waals surface area contributed by atoms with E-state index in [4.69, 9.17) is 11.6 Å². The van der Waals surface area contributed by atoms with Gasteiger partial charge < -0.3 is 15.1 Å². The summed E-state index contributed by atoms with van der Waals surface area (Å²) in [6.45, 7) is 10.4. The monoisotopic (exact) mass is 516 g/mol. The first-order chi connectivity index (χ1) is 17.2. The highest BCUT2D eigenvalue weighted by Gasteiger charge is 2.33. The van der Waals surface area contributed by atoms with Gasteiger partial charge in [0.05, 0.1) is 0 Å². The Hall–Kier alpha value is -2.12. The van der Waals surface area contributed by atoms with Crippen molar-refractivity contribution in [2.24, 2.45) is 11.8 Å². The highest BCUT2D eigenvalue weighted by Crippen LogP contribution is 2.30. The van der Waals surface area contributed by atoms with Gasteiger partial charge in [0.15, 0.2) is 0 Å². The van der Waals surface area contributed by atoms with Crippen LogP contribution in [0, 0.1) is 18.8 Å². The van der Waals surface area contributed by atoms with Crippen molar-refractivity contribution < 1.29 is 14.4 Å². The van der Waals surface area contributed by atoms with Crippen LogP contribution in [0.25, 0.3) is 0 Å². The maximum absolute atomic E-state index is 12.9. The first kappa shape index (κ1) is 26.9. The summed E-state index contributed by atoms with van der Waals surface area (Å²) in [4.78, 5) is 43.8. The van der Waals surface area contributed by atoms with Gasteiger partial charge in [0.2, 0.25) is 17.7 Å². The molecule has 0 unspecified atom stereocenters. The van der Waals surface area contributed by atoms with Crippen LogP contribution < -0.4 is 5.32 Å². The van der Waals surface area contributed by atoms with Crippen molar-refractivity contribution in [1.29, 1.82) is 0 Å². The predicted octanol–water partition coefficient (Wildman–Crippen LogP) is 4.46. The van der Waals surface area contributed by atoms with E-state index in [-0.39, 0.29) is 29.7 Å². The number of anilines is 1. The Morgan fingerprint density at radius 2 is 1.78 bits per heavy atom. The predicted molar refractivity (Wildman–Crippen MR) is 143 cm³/mol. The fraction of sp³-hybridized carbons (Fsp3) is 0.679. The minimum Gasteiger partial charge on any atom is -0.343 e. The highest BCUT2D eigenvalue weighted by molar-refractivity contribution is 6.31. The molecule has 3 fully saturated rings. The van der Waals surface area contributed by atoms with Gasteiger partial charge in [-0.05, 0) is 68.7 Å². The number of hydrogen-bond acceptors (Lipinski definition) is 4. The molecule has 198 valence electrons. The molecule has 3 aliphatic rings. The van der Waals surface area contributed by atoms with Gasteiger partial charge in [-0.3, -0.25) is 19.3 Å². The van der Waals surface area contributed by atoms with Crippen LogP contribution in [0.3, 0.4) is 0 Å². The van der Waals surface area contributed by atoms with Crippen molar-refractivity contribution in [1.82, 2.24) is 14.7 Å². The molecule has 0 bridgehead atoms. The summed E-state index contributed by atoms with van der Waals surface area (Å²) in [6.07, 6.45) is 6.74. The van der Waals surface area contributed by atoms with E-state index in [2.05, 4.69) is 22.0 Å². The minimum absolute atomic E-state index is 0.0330. The third-order valence-electron chi connectivity index (χ3n) is 8.29. The molecule has 2 saturated heterocycles. The molecule has 2 aliphatic heterocycles. The van der Waals surface area contributed by atoms with Gasteiger partial charge in [-0.15, -0.1) is 0 Å². The Labute approximate surface area is 220 Å². The van der Waals surface area contributed by atoms with Crippen LogP contribution in [-0.4, -0.2) is 71.2 Å². The number of carbonyl (C=O) groups excluding carboxylic acids is 3. The average molecular weight is 517 g/mol. The quantitative estimate of drug-likeness (QED) is 0.606. The number of halogens is 1. The molecule has 1 N–H and O–H groups in total. The second kappa shape index (κ2) is 12.0. The molecule has 3 amide bonds. The van der Waals surface area contributed by atoms with E-state index < -0.39 is 0 Å². The third kappa shape index (κ3) is 6.60. The number of amides is 3. The summed E-state index contributed by atoms with van der Waals surface area (Å²) < 4.78 is 0. The van der Waals surface area contributed by atoms with E-state index in [9.17, 15) is 14.4 Å². The second-order valence-corrected chi connectivity index (χ2v) is 11.5. The number of piperidine rings is 1. The molecule has 1 aliphatic carbocycles. The van der Waals surface area contributed by atoms with Crippen molar-refractivity contribution in [3.63, 3.8) is 0 Å². The Kier molecular flexibility index (Phi) is 8.94. The number of benzene rings is 1. The standard InChI is InChI=1S/C28H41ClN4O3/c1-19-16-31(11-12-33(19)28(36)23-8-4-5-9-23)18-24-14-25(29)15-26(20(24)2)30-27(35)13-22-7-6-10-32(17-22)21(3)34/h14-15,19,22-23H,4-13,16-18H2,1-3H3,(H,30,35)/t19-,22-/m0/s1. The number of piperazine rings is 1. The summed E-state index contributed by atoms with van der Waals surface area (Å²) >= 11 is 6.47. The maximum atomic E-state index is 12.9. The van der Waals surface area contributed by atoms with Gasteiger partial charge in [-0.1, -0.05) is 24.4 Å². The van der Waals surface area contributed by atoms with Gasteiger partial charge in [0.1, 0.15) is 0 Å². The van der Waals surface area contributed by atoms with Crippen LogP contribution in [0.4, 0.5) is 5.69 Å². The Morgan fingerprint density at radius 1 is 1.03 bits per heavy atom. The topological polar surface area (TPSA) is 73.0 Å². The lowest BCUT2D eigenvalue weighted by Crippen LogP contribution is -2.54. The van der Waals surface area contributed by atoms with E-state index in [1.807, 2.05) is 24.0 Å². The number of hydrogen-bond donors (Lipinski definition) is 1. The van der Waals surface area contributed by atoms with E-state index in [0.29, 0.717) is 23.9 Å². The van der Waals surface area contributed by atoms with Crippen molar-refractivity contribution in [3.05, 3.63) is 28.3 Å². The zero-order valence-corrected chi connectivity index (χ0v) is 22.8. The molecule has 1 saturated carbocycles. The van der Waals surface area contributed by atoms with E-state index in [0.717, 1.165) is 75.2 Å². The molecule has 0 spiro atoms. The molecule has 4 rings (SSSR count). The largest absolute Gasteiger partial charge is 0.343 e. The summed E-state index contributed by atoms with van der Waals surface area (Å²) in [6, 6.07) is 4.00. The van der Waals surface area contributed by atoms with Crippen LogP contribution in [0.5, 0.6) is 0 Å². The average Bonchev–Trinajstić information content (AvgIpc) is 3.37. The molecule has 8 heteroatoms. The Morgan fingerprint density at radius 3 is 2.47 bits per heavy atom. The van der Waals surface area contributed by atoms with Gasteiger partial charge in [-0.2, -0.15) is 0 Å². The first-order valence-corrected chi connectivity index (χ1v) is 14.0. The lowest BCUT2D eigenvalue weighted by molar-refractivity contribution is -0.140. The lowest BCUT2D eigenvalue weighted by atomic mass is 9.94. The van der Waals surface area contributed by atoms with Crippen LogP contribution in [-0.2, 0) is 20.9 Å². The minimum atomic E-state index is -0.0330. The zero-order valence-electron chi connectivity index (χ0n) is 22.0. The number of nitrogens with zero attached hydrogens (tertiary/aromatic N) is 3. The Bertz CT molecular complexity index is 978.